The summed E-state index contributed by atoms with van der Waals surface area (Å²) in [5.74, 6) is 0.569. The zero-order chi connectivity index (χ0) is 17.6. The van der Waals surface area contributed by atoms with Crippen LogP contribution in [0, 0.1) is 6.92 Å². The number of nitrogens with zero attached hydrogens (tertiary/aromatic N) is 2. The van der Waals surface area contributed by atoms with Gasteiger partial charge in [0, 0.05) is 16.2 Å². The number of hydrogen-bond donors (Lipinski definition) is 1. The van der Waals surface area contributed by atoms with E-state index < -0.39 is 0 Å². The molecule has 0 atom stereocenters. The summed E-state index contributed by atoms with van der Waals surface area (Å²) in [4.78, 5) is 13.5. The van der Waals surface area contributed by atoms with E-state index in [9.17, 15) is 4.79 Å². The Bertz CT molecular complexity index is 888. The van der Waals surface area contributed by atoms with Crippen molar-refractivity contribution in [2.75, 3.05) is 11.1 Å². The Morgan fingerprint density at radius 1 is 1.20 bits per heavy atom. The molecule has 0 saturated heterocycles. The molecule has 0 aliphatic rings. The van der Waals surface area contributed by atoms with Crippen molar-refractivity contribution in [3.8, 4) is 10.6 Å². The summed E-state index contributed by atoms with van der Waals surface area (Å²) in [6.45, 7) is 5.76. The zero-order valence-electron chi connectivity index (χ0n) is 13.7. The summed E-state index contributed by atoms with van der Waals surface area (Å²) in [6.07, 6.45) is 1.82. The van der Waals surface area contributed by atoms with Crippen LogP contribution in [-0.4, -0.2) is 21.9 Å². The fourth-order valence-electron chi connectivity index (χ4n) is 2.18. The van der Waals surface area contributed by atoms with E-state index >= 15 is 0 Å². The second-order valence-electron chi connectivity index (χ2n) is 5.33. The molecule has 0 unspecified atom stereocenters. The van der Waals surface area contributed by atoms with Crippen LogP contribution in [0.3, 0.4) is 0 Å². The molecule has 1 heterocycles. The number of carbonyl (C=O) groups is 1. The molecule has 3 aromatic rings. The van der Waals surface area contributed by atoms with Gasteiger partial charge in [-0.3, -0.25) is 10.1 Å². The summed E-state index contributed by atoms with van der Waals surface area (Å²) >= 11 is 2.94. The minimum absolute atomic E-state index is 0.182. The Kier molecular flexibility index (Phi) is 5.63. The van der Waals surface area contributed by atoms with Gasteiger partial charge >= 0.3 is 0 Å². The normalized spacial score (nSPS) is 10.4. The number of hydrogen-bond acceptors (Lipinski definition) is 5. The fourth-order valence-corrected chi connectivity index (χ4v) is 3.71. The lowest BCUT2D eigenvalue weighted by molar-refractivity contribution is 0.102. The van der Waals surface area contributed by atoms with Crippen LogP contribution >= 0.6 is 23.1 Å². The Hall–Kier alpha value is -2.44. The number of thioether (sulfide) groups is 1. The van der Waals surface area contributed by atoms with Gasteiger partial charge in [-0.15, -0.1) is 28.5 Å². The number of carbonyl (C=O) groups excluding carboxylic acids is 1. The standard InChI is InChI=1S/C19H17N3OS2/c1-3-12-24-16-7-5-4-6-15(16)17(23)20-19-22-21-18(25-19)14-10-8-13(2)9-11-14/h3-11H,1,12H2,2H3,(H,20,22,23). The van der Waals surface area contributed by atoms with Gasteiger partial charge in [0.25, 0.3) is 5.91 Å². The molecular formula is C19H17N3OS2. The van der Waals surface area contributed by atoms with Crippen LogP contribution < -0.4 is 5.32 Å². The minimum atomic E-state index is -0.182. The van der Waals surface area contributed by atoms with Gasteiger partial charge in [-0.05, 0) is 19.1 Å². The van der Waals surface area contributed by atoms with Crippen molar-refractivity contribution >= 4 is 34.1 Å². The molecule has 126 valence electrons. The Balaban J connectivity index is 1.76. The van der Waals surface area contributed by atoms with Crippen molar-refractivity contribution in [1.82, 2.24) is 10.2 Å². The Morgan fingerprint density at radius 2 is 1.96 bits per heavy atom. The second kappa shape index (κ2) is 8.09. The SMILES string of the molecule is C=CCSc1ccccc1C(=O)Nc1nnc(-c2ccc(C)cc2)s1. The number of amides is 1. The molecule has 2 aromatic carbocycles. The van der Waals surface area contributed by atoms with Gasteiger partial charge in [-0.25, -0.2) is 0 Å². The molecule has 0 spiro atoms. The summed E-state index contributed by atoms with van der Waals surface area (Å²) in [7, 11) is 0. The van der Waals surface area contributed by atoms with Gasteiger partial charge in [0.1, 0.15) is 5.01 Å². The van der Waals surface area contributed by atoms with E-state index in [4.69, 9.17) is 0 Å². The maximum Gasteiger partial charge on any atom is 0.258 e. The molecule has 25 heavy (non-hydrogen) atoms. The molecule has 4 nitrogen and oxygen atoms in total. The Labute approximate surface area is 155 Å². The number of aryl methyl sites for hydroxylation is 1. The largest absolute Gasteiger partial charge is 0.296 e. The first-order chi connectivity index (χ1) is 12.2. The van der Waals surface area contributed by atoms with Crippen molar-refractivity contribution in [3.05, 3.63) is 72.3 Å². The molecule has 0 fully saturated rings. The average Bonchev–Trinajstić information content (AvgIpc) is 3.09. The van der Waals surface area contributed by atoms with Crippen LogP contribution in [0.5, 0.6) is 0 Å². The van der Waals surface area contributed by atoms with Crippen LogP contribution in [0.4, 0.5) is 5.13 Å². The van der Waals surface area contributed by atoms with Gasteiger partial charge in [-0.1, -0.05) is 59.4 Å². The van der Waals surface area contributed by atoms with Gasteiger partial charge in [0.15, 0.2) is 0 Å². The highest BCUT2D eigenvalue weighted by molar-refractivity contribution is 7.99. The number of aromatic nitrogens is 2. The number of anilines is 1. The van der Waals surface area contributed by atoms with E-state index in [2.05, 4.69) is 22.1 Å². The van der Waals surface area contributed by atoms with Crippen molar-refractivity contribution in [1.29, 1.82) is 0 Å². The van der Waals surface area contributed by atoms with Crippen LogP contribution in [0.2, 0.25) is 0 Å². The van der Waals surface area contributed by atoms with Crippen LogP contribution in [0.1, 0.15) is 15.9 Å². The van der Waals surface area contributed by atoms with Crippen molar-refractivity contribution in [2.45, 2.75) is 11.8 Å². The molecule has 0 bridgehead atoms. The minimum Gasteiger partial charge on any atom is -0.296 e. The van der Waals surface area contributed by atoms with Crippen molar-refractivity contribution < 1.29 is 4.79 Å². The lowest BCUT2D eigenvalue weighted by atomic mass is 10.2. The summed E-state index contributed by atoms with van der Waals surface area (Å²) in [5, 5.41) is 12.4. The monoisotopic (exact) mass is 367 g/mol. The molecule has 1 N–H and O–H groups in total. The first-order valence-corrected chi connectivity index (χ1v) is 9.52. The average molecular weight is 367 g/mol. The van der Waals surface area contributed by atoms with E-state index in [1.54, 1.807) is 11.8 Å². The number of benzene rings is 2. The summed E-state index contributed by atoms with van der Waals surface area (Å²) in [5.41, 5.74) is 2.81. The molecular weight excluding hydrogens is 350 g/mol. The maximum atomic E-state index is 12.6. The molecule has 0 aliphatic heterocycles. The van der Waals surface area contributed by atoms with Crippen LogP contribution in [0.15, 0.2) is 66.1 Å². The lowest BCUT2D eigenvalue weighted by Gasteiger charge is -2.07. The van der Waals surface area contributed by atoms with E-state index in [-0.39, 0.29) is 5.91 Å². The highest BCUT2D eigenvalue weighted by Crippen LogP contribution is 2.28. The zero-order valence-corrected chi connectivity index (χ0v) is 15.4. The van der Waals surface area contributed by atoms with Gasteiger partial charge in [0.2, 0.25) is 5.13 Å². The van der Waals surface area contributed by atoms with Crippen LogP contribution in [0.25, 0.3) is 10.6 Å². The predicted octanol–water partition coefficient (Wildman–Crippen LogP) is 5.04. The van der Waals surface area contributed by atoms with E-state index in [0.717, 1.165) is 21.2 Å². The van der Waals surface area contributed by atoms with Gasteiger partial charge in [-0.2, -0.15) is 0 Å². The molecule has 0 radical (unpaired) electrons. The third-order valence-corrected chi connectivity index (χ3v) is 5.39. The summed E-state index contributed by atoms with van der Waals surface area (Å²) in [6, 6.07) is 15.6. The second-order valence-corrected chi connectivity index (χ2v) is 7.37. The number of rotatable bonds is 6. The highest BCUT2D eigenvalue weighted by Gasteiger charge is 2.14. The highest BCUT2D eigenvalue weighted by atomic mass is 32.2. The lowest BCUT2D eigenvalue weighted by Crippen LogP contribution is -2.12. The maximum absolute atomic E-state index is 12.6. The van der Waals surface area contributed by atoms with E-state index in [1.807, 2.05) is 61.5 Å². The number of nitrogens with one attached hydrogen (secondary N) is 1. The third kappa shape index (κ3) is 4.35. The molecule has 6 heteroatoms. The van der Waals surface area contributed by atoms with Crippen molar-refractivity contribution in [2.24, 2.45) is 0 Å². The van der Waals surface area contributed by atoms with Crippen molar-refractivity contribution in [3.63, 3.8) is 0 Å². The first kappa shape index (κ1) is 17.4. The van der Waals surface area contributed by atoms with E-state index in [0.29, 0.717) is 10.7 Å². The quantitative estimate of drug-likeness (QED) is 0.490. The fraction of sp³-hybridized carbons (Fsp3) is 0.105. The van der Waals surface area contributed by atoms with Crippen LogP contribution in [-0.2, 0) is 0 Å². The molecule has 1 aromatic heterocycles. The predicted molar refractivity (Wildman–Crippen MR) is 105 cm³/mol. The molecule has 3 rings (SSSR count). The first-order valence-electron chi connectivity index (χ1n) is 7.72. The van der Waals surface area contributed by atoms with E-state index in [1.165, 1.54) is 16.9 Å². The Morgan fingerprint density at radius 3 is 2.72 bits per heavy atom. The molecule has 1 amide bonds. The smallest absolute Gasteiger partial charge is 0.258 e. The third-order valence-electron chi connectivity index (χ3n) is 3.43. The summed E-state index contributed by atoms with van der Waals surface area (Å²) < 4.78 is 0. The van der Waals surface area contributed by atoms with Gasteiger partial charge < -0.3 is 0 Å². The van der Waals surface area contributed by atoms with Gasteiger partial charge in [0.05, 0.1) is 5.56 Å². The molecule has 0 saturated carbocycles. The topological polar surface area (TPSA) is 54.9 Å². The molecule has 0 aliphatic carbocycles.